The predicted octanol–water partition coefficient (Wildman–Crippen LogP) is 0.955. The highest BCUT2D eigenvalue weighted by Gasteiger charge is 2.23. The van der Waals surface area contributed by atoms with Crippen LogP contribution < -0.4 is 5.73 Å². The van der Waals surface area contributed by atoms with Crippen LogP contribution in [0.25, 0.3) is 0 Å². The summed E-state index contributed by atoms with van der Waals surface area (Å²) in [6.45, 7) is 0. The Kier molecular flexibility index (Phi) is 1.37. The Morgan fingerprint density at radius 2 is 2.45 bits per heavy atom. The number of rotatable bonds is 2. The Bertz CT molecular complexity index is 241. The zero-order valence-electron chi connectivity index (χ0n) is 6.75. The number of hydrogen-bond donors (Lipinski definition) is 1. The van der Waals surface area contributed by atoms with Crippen LogP contribution in [-0.2, 0) is 13.5 Å². The van der Waals surface area contributed by atoms with Gasteiger partial charge in [-0.15, -0.1) is 0 Å². The van der Waals surface area contributed by atoms with Gasteiger partial charge in [0.15, 0.2) is 0 Å². The molecule has 3 heteroatoms. The lowest BCUT2D eigenvalue weighted by Gasteiger charge is -2.00. The molecule has 0 saturated heterocycles. The first-order chi connectivity index (χ1) is 5.27. The molecule has 2 rings (SSSR count). The molecule has 0 spiro atoms. The zero-order chi connectivity index (χ0) is 7.84. The maximum atomic E-state index is 5.73. The molecule has 0 aromatic carbocycles. The molecule has 1 fully saturated rings. The Labute approximate surface area is 66.2 Å². The summed E-state index contributed by atoms with van der Waals surface area (Å²) in [5, 5.41) is 4.09. The number of aryl methyl sites for hydroxylation is 1. The van der Waals surface area contributed by atoms with Gasteiger partial charge in [0.25, 0.3) is 0 Å². The lowest BCUT2D eigenvalue weighted by atomic mass is 10.2. The van der Waals surface area contributed by atoms with Crippen molar-refractivity contribution >= 4 is 5.69 Å². The van der Waals surface area contributed by atoms with E-state index in [9.17, 15) is 0 Å². The Hall–Kier alpha value is -0.990. The Morgan fingerprint density at radius 1 is 1.73 bits per heavy atom. The molecular weight excluding hydrogens is 138 g/mol. The molecule has 0 aliphatic heterocycles. The van der Waals surface area contributed by atoms with Crippen molar-refractivity contribution in [3.05, 3.63) is 11.9 Å². The lowest BCUT2D eigenvalue weighted by Crippen LogP contribution is -2.01. The number of aromatic nitrogens is 2. The van der Waals surface area contributed by atoms with E-state index in [2.05, 4.69) is 5.10 Å². The van der Waals surface area contributed by atoms with Gasteiger partial charge in [-0.05, 0) is 25.2 Å². The fraction of sp³-hybridized carbons (Fsp3) is 0.625. The summed E-state index contributed by atoms with van der Waals surface area (Å²) in [6.07, 6.45) is 5.58. The van der Waals surface area contributed by atoms with Crippen LogP contribution in [0.2, 0.25) is 0 Å². The second kappa shape index (κ2) is 2.26. The summed E-state index contributed by atoms with van der Waals surface area (Å²) >= 11 is 0. The van der Waals surface area contributed by atoms with Crippen LogP contribution in [0.1, 0.15) is 18.5 Å². The first-order valence-electron chi connectivity index (χ1n) is 4.03. The summed E-state index contributed by atoms with van der Waals surface area (Å²) in [6, 6.07) is 0. The highest BCUT2D eigenvalue weighted by atomic mass is 15.3. The zero-order valence-corrected chi connectivity index (χ0v) is 6.75. The van der Waals surface area contributed by atoms with Crippen molar-refractivity contribution in [3.8, 4) is 0 Å². The summed E-state index contributed by atoms with van der Waals surface area (Å²) in [5.74, 6) is 0.882. The fourth-order valence-corrected chi connectivity index (χ4v) is 1.33. The Balaban J connectivity index is 2.19. The molecule has 0 unspecified atom stereocenters. The lowest BCUT2D eigenvalue weighted by molar-refractivity contribution is 0.678. The minimum atomic E-state index is 0.847. The molecule has 1 aliphatic carbocycles. The molecule has 1 heterocycles. The monoisotopic (exact) mass is 151 g/mol. The van der Waals surface area contributed by atoms with Crippen LogP contribution in [0, 0.1) is 5.92 Å². The summed E-state index contributed by atoms with van der Waals surface area (Å²) < 4.78 is 1.88. The van der Waals surface area contributed by atoms with Gasteiger partial charge in [0.2, 0.25) is 0 Å². The van der Waals surface area contributed by atoms with Crippen molar-refractivity contribution in [1.82, 2.24) is 9.78 Å². The number of nitrogens with zero attached hydrogens (tertiary/aromatic N) is 2. The summed E-state index contributed by atoms with van der Waals surface area (Å²) in [5.41, 5.74) is 7.78. The smallest absolute Gasteiger partial charge is 0.0733 e. The van der Waals surface area contributed by atoms with Crippen molar-refractivity contribution < 1.29 is 0 Å². The normalized spacial score (nSPS) is 17.2. The second-order valence-electron chi connectivity index (χ2n) is 3.32. The van der Waals surface area contributed by atoms with Crippen molar-refractivity contribution in [2.75, 3.05) is 5.73 Å². The molecule has 1 saturated carbocycles. The Morgan fingerprint density at radius 3 is 2.91 bits per heavy atom. The van der Waals surface area contributed by atoms with Gasteiger partial charge in [-0.3, -0.25) is 4.68 Å². The van der Waals surface area contributed by atoms with Gasteiger partial charge in [0, 0.05) is 7.05 Å². The molecule has 11 heavy (non-hydrogen) atoms. The van der Waals surface area contributed by atoms with E-state index in [-0.39, 0.29) is 0 Å². The highest BCUT2D eigenvalue weighted by molar-refractivity contribution is 5.41. The minimum Gasteiger partial charge on any atom is -0.396 e. The minimum absolute atomic E-state index is 0.847. The predicted molar refractivity (Wildman–Crippen MR) is 44.0 cm³/mol. The molecule has 1 aliphatic rings. The maximum Gasteiger partial charge on any atom is 0.0733 e. The standard InChI is InChI=1S/C8H13N3/c1-11-8(4-6-2-3-6)7(9)5-10-11/h5-6H,2-4,9H2,1H3. The maximum absolute atomic E-state index is 5.73. The average molecular weight is 151 g/mol. The van der Waals surface area contributed by atoms with Crippen LogP contribution in [0.5, 0.6) is 0 Å². The second-order valence-corrected chi connectivity index (χ2v) is 3.32. The van der Waals surface area contributed by atoms with Crippen molar-refractivity contribution in [2.24, 2.45) is 13.0 Å². The molecule has 1 aromatic rings. The fourth-order valence-electron chi connectivity index (χ4n) is 1.33. The van der Waals surface area contributed by atoms with Gasteiger partial charge in [0.05, 0.1) is 17.6 Å². The van der Waals surface area contributed by atoms with Crippen LogP contribution in [0.15, 0.2) is 6.20 Å². The van der Waals surface area contributed by atoms with E-state index in [1.807, 2.05) is 11.7 Å². The molecule has 1 aromatic heterocycles. The van der Waals surface area contributed by atoms with Gasteiger partial charge in [-0.25, -0.2) is 0 Å². The summed E-state index contributed by atoms with van der Waals surface area (Å²) in [7, 11) is 1.95. The summed E-state index contributed by atoms with van der Waals surface area (Å²) in [4.78, 5) is 0. The van der Waals surface area contributed by atoms with Crippen LogP contribution >= 0.6 is 0 Å². The first kappa shape index (κ1) is 6.70. The van der Waals surface area contributed by atoms with Crippen LogP contribution in [0.3, 0.4) is 0 Å². The number of nitrogen functional groups attached to an aromatic ring is 1. The van der Waals surface area contributed by atoms with Crippen molar-refractivity contribution in [1.29, 1.82) is 0 Å². The molecule has 0 amide bonds. The van der Waals surface area contributed by atoms with Gasteiger partial charge in [0.1, 0.15) is 0 Å². The molecule has 2 N–H and O–H groups in total. The molecular formula is C8H13N3. The van der Waals surface area contributed by atoms with E-state index < -0.39 is 0 Å². The van der Waals surface area contributed by atoms with Crippen molar-refractivity contribution in [2.45, 2.75) is 19.3 Å². The molecule has 0 atom stereocenters. The number of anilines is 1. The van der Waals surface area contributed by atoms with Crippen LogP contribution in [-0.4, -0.2) is 9.78 Å². The third-order valence-corrected chi connectivity index (χ3v) is 2.27. The molecule has 0 radical (unpaired) electrons. The SMILES string of the molecule is Cn1ncc(N)c1CC1CC1. The van der Waals surface area contributed by atoms with E-state index in [0.717, 1.165) is 18.0 Å². The van der Waals surface area contributed by atoms with E-state index >= 15 is 0 Å². The third-order valence-electron chi connectivity index (χ3n) is 2.27. The third kappa shape index (κ3) is 1.23. The highest BCUT2D eigenvalue weighted by Crippen LogP contribution is 2.33. The van der Waals surface area contributed by atoms with E-state index in [4.69, 9.17) is 5.73 Å². The van der Waals surface area contributed by atoms with Gasteiger partial charge < -0.3 is 5.73 Å². The van der Waals surface area contributed by atoms with Crippen molar-refractivity contribution in [3.63, 3.8) is 0 Å². The number of hydrogen-bond acceptors (Lipinski definition) is 2. The largest absolute Gasteiger partial charge is 0.396 e. The average Bonchev–Trinajstić information content (AvgIpc) is 2.73. The topological polar surface area (TPSA) is 43.8 Å². The van der Waals surface area contributed by atoms with Crippen LogP contribution in [0.4, 0.5) is 5.69 Å². The van der Waals surface area contributed by atoms with E-state index in [1.54, 1.807) is 6.20 Å². The molecule has 0 bridgehead atoms. The molecule has 60 valence electrons. The van der Waals surface area contributed by atoms with Gasteiger partial charge in [-0.2, -0.15) is 5.10 Å². The quantitative estimate of drug-likeness (QED) is 0.684. The molecule has 3 nitrogen and oxygen atoms in total. The number of nitrogens with two attached hydrogens (primary N) is 1. The van der Waals surface area contributed by atoms with E-state index in [1.165, 1.54) is 18.5 Å². The van der Waals surface area contributed by atoms with Gasteiger partial charge in [-0.1, -0.05) is 0 Å². The first-order valence-corrected chi connectivity index (χ1v) is 4.03. The van der Waals surface area contributed by atoms with E-state index in [0.29, 0.717) is 0 Å². The van der Waals surface area contributed by atoms with Gasteiger partial charge >= 0.3 is 0 Å².